The van der Waals surface area contributed by atoms with E-state index in [4.69, 9.17) is 16.7 Å². The minimum absolute atomic E-state index is 0.0544. The number of halogens is 4. The highest BCUT2D eigenvalue weighted by molar-refractivity contribution is 6.31. The highest BCUT2D eigenvalue weighted by Gasteiger charge is 2.31. The Labute approximate surface area is 196 Å². The van der Waals surface area contributed by atoms with Gasteiger partial charge >= 0.3 is 12.5 Å². The number of rotatable bonds is 6. The highest BCUT2D eigenvalue weighted by atomic mass is 35.5. The van der Waals surface area contributed by atoms with Crippen molar-refractivity contribution in [3.63, 3.8) is 0 Å². The van der Waals surface area contributed by atoms with Crippen LogP contribution in [0.2, 0.25) is 5.02 Å². The van der Waals surface area contributed by atoms with Crippen molar-refractivity contribution >= 4 is 23.6 Å². The minimum atomic E-state index is -4.96. The van der Waals surface area contributed by atoms with E-state index in [0.29, 0.717) is 5.02 Å². The molecule has 0 saturated heterocycles. The zero-order chi connectivity index (χ0) is 25.0. The number of aryl methyl sites for hydroxylation is 2. The zero-order valence-electron chi connectivity index (χ0n) is 18.1. The van der Waals surface area contributed by atoms with Crippen molar-refractivity contribution in [2.24, 2.45) is 12.0 Å². The molecule has 2 aromatic carbocycles. The summed E-state index contributed by atoms with van der Waals surface area (Å²) in [6, 6.07) is 8.71. The number of carboxylic acid groups (broad SMARTS) is 1. The number of nitrogens with zero attached hydrogens (tertiary/aromatic N) is 3. The summed E-state index contributed by atoms with van der Waals surface area (Å²) in [5, 5.41) is 12.2. The number of hydrogen-bond acceptors (Lipinski definition) is 3. The van der Waals surface area contributed by atoms with Crippen molar-refractivity contribution in [1.82, 2.24) is 14.5 Å². The summed E-state index contributed by atoms with van der Waals surface area (Å²) < 4.78 is 45.5. The number of hydrogen-bond donors (Lipinski definition) is 2. The highest BCUT2D eigenvalue weighted by Crippen LogP contribution is 2.26. The number of ether oxygens (including phenoxy) is 1. The number of amides is 2. The summed E-state index contributed by atoms with van der Waals surface area (Å²) in [5.74, 6) is -1.19. The molecule has 1 aromatic heterocycles. The lowest BCUT2D eigenvalue weighted by atomic mass is 10.1. The van der Waals surface area contributed by atoms with Crippen LogP contribution in [0.25, 0.3) is 0 Å². The Morgan fingerprint density at radius 1 is 1.15 bits per heavy atom. The first-order valence-electron chi connectivity index (χ1n) is 9.83. The van der Waals surface area contributed by atoms with Crippen LogP contribution in [-0.2, 0) is 20.1 Å². The van der Waals surface area contributed by atoms with Crippen LogP contribution in [0, 0.1) is 6.92 Å². The van der Waals surface area contributed by atoms with Crippen LogP contribution in [-0.4, -0.2) is 32.6 Å². The van der Waals surface area contributed by atoms with Gasteiger partial charge in [-0.1, -0.05) is 23.7 Å². The first-order chi connectivity index (χ1) is 15.9. The molecule has 2 N–H and O–H groups in total. The normalized spacial score (nSPS) is 12.0. The van der Waals surface area contributed by atoms with Crippen LogP contribution >= 0.6 is 11.6 Å². The van der Waals surface area contributed by atoms with Crippen molar-refractivity contribution in [3.8, 4) is 5.75 Å². The molecule has 12 heteroatoms. The number of aromatic nitrogens is 2. The van der Waals surface area contributed by atoms with Gasteiger partial charge < -0.3 is 24.3 Å². The molecule has 8 nitrogen and oxygen atoms in total. The summed E-state index contributed by atoms with van der Waals surface area (Å²) in [7, 11) is 1.57. The molecule has 3 aromatic rings. The summed E-state index contributed by atoms with van der Waals surface area (Å²) in [5.41, 5.74) is 1.85. The average molecular weight is 497 g/mol. The molecule has 3 rings (SSSR count). The molecule has 0 bridgehead atoms. The Kier molecular flexibility index (Phi) is 7.35. The van der Waals surface area contributed by atoms with E-state index < -0.39 is 24.1 Å². The fourth-order valence-corrected chi connectivity index (χ4v) is 3.36. The van der Waals surface area contributed by atoms with Gasteiger partial charge in [-0.05, 0) is 47.9 Å². The number of imidazole rings is 1. The van der Waals surface area contributed by atoms with Crippen LogP contribution in [0.15, 0.2) is 53.8 Å². The molecular weight excluding hydrogens is 477 g/mol. The molecule has 0 spiro atoms. The first kappa shape index (κ1) is 24.9. The Morgan fingerprint density at radius 3 is 2.53 bits per heavy atom. The number of nitrogens with one attached hydrogen (secondary N) is 1. The monoisotopic (exact) mass is 496 g/mol. The second-order valence-electron chi connectivity index (χ2n) is 7.41. The van der Waals surface area contributed by atoms with E-state index in [2.05, 4.69) is 15.0 Å². The summed E-state index contributed by atoms with van der Waals surface area (Å²) in [4.78, 5) is 27.2. The quantitative estimate of drug-likeness (QED) is 0.533. The summed E-state index contributed by atoms with van der Waals surface area (Å²) in [6.07, 6.45) is -3.33. The second-order valence-corrected chi connectivity index (χ2v) is 7.82. The predicted molar refractivity (Wildman–Crippen MR) is 117 cm³/mol. The fourth-order valence-electron chi connectivity index (χ4n) is 3.24. The third-order valence-electron chi connectivity index (χ3n) is 4.73. The van der Waals surface area contributed by atoms with Crippen LogP contribution in [0.5, 0.6) is 5.75 Å². The number of carbonyl (C=O) groups excluding carboxylic acids is 1. The van der Waals surface area contributed by atoms with Crippen LogP contribution < -0.4 is 15.7 Å². The lowest BCUT2D eigenvalue weighted by molar-refractivity contribution is -0.274. The maximum absolute atomic E-state index is 12.9. The van der Waals surface area contributed by atoms with Gasteiger partial charge in [0, 0.05) is 36.6 Å². The van der Waals surface area contributed by atoms with Gasteiger partial charge in [0.05, 0.1) is 6.54 Å². The van der Waals surface area contributed by atoms with Gasteiger partial charge in [-0.3, -0.25) is 4.79 Å². The molecule has 0 aliphatic rings. The second kappa shape index (κ2) is 10.0. The molecular formula is C22H20ClF3N4O4. The molecule has 0 radical (unpaired) electrons. The van der Waals surface area contributed by atoms with E-state index in [1.807, 2.05) is 6.92 Å². The topological polar surface area (TPSA) is 97.9 Å². The molecule has 1 heterocycles. The van der Waals surface area contributed by atoms with E-state index >= 15 is 0 Å². The molecule has 180 valence electrons. The lowest BCUT2D eigenvalue weighted by Gasteiger charge is -2.14. The van der Waals surface area contributed by atoms with Crippen molar-refractivity contribution in [1.29, 1.82) is 0 Å². The van der Waals surface area contributed by atoms with Crippen LogP contribution in [0.4, 0.5) is 18.0 Å². The van der Waals surface area contributed by atoms with Crippen LogP contribution in [0.3, 0.4) is 0 Å². The Hall–Kier alpha value is -3.73. The van der Waals surface area contributed by atoms with Gasteiger partial charge in [0.1, 0.15) is 5.75 Å². The van der Waals surface area contributed by atoms with E-state index in [-0.39, 0.29) is 29.8 Å². The largest absolute Gasteiger partial charge is 0.573 e. The molecule has 0 saturated carbocycles. The average Bonchev–Trinajstić information content (AvgIpc) is 3.06. The van der Waals surface area contributed by atoms with Crippen molar-refractivity contribution < 1.29 is 32.6 Å². The van der Waals surface area contributed by atoms with E-state index in [1.165, 1.54) is 21.4 Å². The summed E-state index contributed by atoms with van der Waals surface area (Å²) in [6.45, 7) is 1.88. The molecule has 0 fully saturated rings. The van der Waals surface area contributed by atoms with Gasteiger partial charge in [0.15, 0.2) is 0 Å². The summed E-state index contributed by atoms with van der Waals surface area (Å²) >= 11 is 6.00. The Bertz CT molecular complexity index is 1300. The molecule has 34 heavy (non-hydrogen) atoms. The number of benzene rings is 2. The maximum atomic E-state index is 12.9. The third kappa shape index (κ3) is 6.64. The lowest BCUT2D eigenvalue weighted by Crippen LogP contribution is -2.26. The number of carbonyl (C=O) groups is 2. The standard InChI is InChI=1S/C22H20ClF3N4O4/c1-13-7-14(3-4-18(13)23)11-27-19(31)16-8-15(9-17(10-16)34-22(24,25)26)12-30-6-5-29(2)20(30)28-21(32)33/h3-10H,11-12H2,1-2H3,(H,27,31)(H,32,33)/b28-20+. The van der Waals surface area contributed by atoms with E-state index in [9.17, 15) is 22.8 Å². The minimum Gasteiger partial charge on any atom is -0.463 e. The molecule has 0 atom stereocenters. The van der Waals surface area contributed by atoms with E-state index in [1.54, 1.807) is 31.4 Å². The predicted octanol–water partition coefficient (Wildman–Crippen LogP) is 4.24. The third-order valence-corrected chi connectivity index (χ3v) is 5.15. The van der Waals surface area contributed by atoms with Gasteiger partial charge in [-0.2, -0.15) is 0 Å². The Morgan fingerprint density at radius 2 is 1.88 bits per heavy atom. The molecule has 0 unspecified atom stereocenters. The molecule has 0 aliphatic heterocycles. The van der Waals surface area contributed by atoms with Crippen molar-refractivity contribution in [2.75, 3.05) is 0 Å². The Balaban J connectivity index is 1.90. The van der Waals surface area contributed by atoms with Crippen molar-refractivity contribution in [3.05, 3.63) is 81.7 Å². The molecule has 0 aliphatic carbocycles. The first-order valence-corrected chi connectivity index (χ1v) is 10.2. The number of alkyl halides is 3. The fraction of sp³-hybridized carbons (Fsp3) is 0.227. The van der Waals surface area contributed by atoms with Gasteiger partial charge in [0.2, 0.25) is 5.62 Å². The maximum Gasteiger partial charge on any atom is 0.573 e. The van der Waals surface area contributed by atoms with Crippen molar-refractivity contribution in [2.45, 2.75) is 26.4 Å². The smallest absolute Gasteiger partial charge is 0.463 e. The van der Waals surface area contributed by atoms with Gasteiger partial charge in [-0.25, -0.2) is 4.79 Å². The molecule has 2 amide bonds. The van der Waals surface area contributed by atoms with E-state index in [0.717, 1.165) is 23.3 Å². The zero-order valence-corrected chi connectivity index (χ0v) is 18.8. The van der Waals surface area contributed by atoms with Gasteiger partial charge in [0.25, 0.3) is 5.91 Å². The van der Waals surface area contributed by atoms with Crippen LogP contribution in [0.1, 0.15) is 27.0 Å². The van der Waals surface area contributed by atoms with Gasteiger partial charge in [-0.15, -0.1) is 18.2 Å². The SMILES string of the molecule is Cc1cc(CNC(=O)c2cc(Cn3ccn(C)/c3=N\C(=O)O)cc(OC(F)(F)F)c2)ccc1Cl.